The first kappa shape index (κ1) is 7.60. The molecule has 0 aromatic rings. The summed E-state index contributed by atoms with van der Waals surface area (Å²) in [6.07, 6.45) is 4.45. The second-order valence-corrected chi connectivity index (χ2v) is 4.70. The molecule has 2 fully saturated rings. The van der Waals surface area contributed by atoms with Gasteiger partial charge in [-0.25, -0.2) is 0 Å². The van der Waals surface area contributed by atoms with Crippen LogP contribution in [0.4, 0.5) is 0 Å². The molecule has 1 spiro atoms. The zero-order valence-electron chi connectivity index (χ0n) is 7.69. The van der Waals surface area contributed by atoms with Gasteiger partial charge in [0.15, 0.2) is 0 Å². The highest BCUT2D eigenvalue weighted by molar-refractivity contribution is 5.00. The Hall–Kier alpha value is -0.0400. The SMILES string of the molecule is CC(C)C1CNCC12CCC2. The Kier molecular flexibility index (Phi) is 1.71. The van der Waals surface area contributed by atoms with Crippen LogP contribution in [0, 0.1) is 17.3 Å². The number of nitrogens with one attached hydrogen (secondary N) is 1. The van der Waals surface area contributed by atoms with Crippen LogP contribution in [0.25, 0.3) is 0 Å². The summed E-state index contributed by atoms with van der Waals surface area (Å²) < 4.78 is 0. The number of hydrogen-bond donors (Lipinski definition) is 1. The molecule has 1 nitrogen and oxygen atoms in total. The second kappa shape index (κ2) is 2.48. The van der Waals surface area contributed by atoms with Crippen molar-refractivity contribution in [2.75, 3.05) is 13.1 Å². The van der Waals surface area contributed by atoms with Gasteiger partial charge in [-0.15, -0.1) is 0 Å². The predicted molar refractivity (Wildman–Crippen MR) is 47.5 cm³/mol. The van der Waals surface area contributed by atoms with Crippen LogP contribution in [0.5, 0.6) is 0 Å². The van der Waals surface area contributed by atoms with Gasteiger partial charge in [-0.2, -0.15) is 0 Å². The van der Waals surface area contributed by atoms with Gasteiger partial charge in [-0.1, -0.05) is 20.3 Å². The Morgan fingerprint density at radius 3 is 2.45 bits per heavy atom. The Labute approximate surface area is 69.6 Å². The minimum absolute atomic E-state index is 0.744. The molecule has 2 aliphatic rings. The van der Waals surface area contributed by atoms with Gasteiger partial charge in [0.2, 0.25) is 0 Å². The van der Waals surface area contributed by atoms with Gasteiger partial charge < -0.3 is 5.32 Å². The molecule has 1 heterocycles. The maximum Gasteiger partial charge on any atom is 0.00112 e. The lowest BCUT2D eigenvalue weighted by molar-refractivity contribution is 0.0702. The first-order valence-electron chi connectivity index (χ1n) is 4.95. The quantitative estimate of drug-likeness (QED) is 0.608. The van der Waals surface area contributed by atoms with E-state index in [1.165, 1.54) is 32.4 Å². The normalized spacial score (nSPS) is 34.6. The van der Waals surface area contributed by atoms with E-state index in [0.29, 0.717) is 0 Å². The number of rotatable bonds is 1. The van der Waals surface area contributed by atoms with Crippen molar-refractivity contribution in [2.24, 2.45) is 17.3 Å². The molecular weight excluding hydrogens is 134 g/mol. The monoisotopic (exact) mass is 153 g/mol. The van der Waals surface area contributed by atoms with Gasteiger partial charge in [0.1, 0.15) is 0 Å². The summed E-state index contributed by atoms with van der Waals surface area (Å²) in [6.45, 7) is 7.32. The standard InChI is InChI=1S/C10H19N/c1-8(2)9-6-11-7-10(9)4-3-5-10/h8-9,11H,3-7H2,1-2H3. The van der Waals surface area contributed by atoms with Gasteiger partial charge in [0.25, 0.3) is 0 Å². The Balaban J connectivity index is 2.07. The van der Waals surface area contributed by atoms with Crippen LogP contribution in [0.2, 0.25) is 0 Å². The van der Waals surface area contributed by atoms with Crippen molar-refractivity contribution in [3.63, 3.8) is 0 Å². The van der Waals surface area contributed by atoms with Crippen LogP contribution < -0.4 is 5.32 Å². The van der Waals surface area contributed by atoms with Gasteiger partial charge in [0.05, 0.1) is 0 Å². The van der Waals surface area contributed by atoms with Crippen LogP contribution in [0.15, 0.2) is 0 Å². The van der Waals surface area contributed by atoms with Crippen LogP contribution in [0.3, 0.4) is 0 Å². The van der Waals surface area contributed by atoms with Crippen molar-refractivity contribution in [3.8, 4) is 0 Å². The molecule has 0 aromatic carbocycles. The Morgan fingerprint density at radius 2 is 2.09 bits per heavy atom. The Morgan fingerprint density at radius 1 is 1.36 bits per heavy atom. The van der Waals surface area contributed by atoms with Crippen molar-refractivity contribution in [1.29, 1.82) is 0 Å². The van der Waals surface area contributed by atoms with Crippen LogP contribution in [-0.4, -0.2) is 13.1 Å². The maximum absolute atomic E-state index is 3.55. The van der Waals surface area contributed by atoms with E-state index in [4.69, 9.17) is 0 Å². The highest BCUT2D eigenvalue weighted by Crippen LogP contribution is 2.51. The molecule has 11 heavy (non-hydrogen) atoms. The molecule has 2 rings (SSSR count). The van der Waals surface area contributed by atoms with Crippen LogP contribution >= 0.6 is 0 Å². The maximum atomic E-state index is 3.55. The molecule has 0 aromatic heterocycles. The summed E-state index contributed by atoms with van der Waals surface area (Å²) in [7, 11) is 0. The molecule has 1 heteroatoms. The summed E-state index contributed by atoms with van der Waals surface area (Å²) in [4.78, 5) is 0. The molecule has 0 bridgehead atoms. The fourth-order valence-electron chi connectivity index (χ4n) is 2.95. The molecular formula is C10H19N. The number of hydrogen-bond acceptors (Lipinski definition) is 1. The van der Waals surface area contributed by atoms with Gasteiger partial charge in [-0.3, -0.25) is 0 Å². The van der Waals surface area contributed by atoms with E-state index in [9.17, 15) is 0 Å². The second-order valence-electron chi connectivity index (χ2n) is 4.70. The molecule has 1 N–H and O–H groups in total. The van der Waals surface area contributed by atoms with Gasteiger partial charge >= 0.3 is 0 Å². The topological polar surface area (TPSA) is 12.0 Å². The average molecular weight is 153 g/mol. The van der Waals surface area contributed by atoms with Crippen molar-refractivity contribution in [2.45, 2.75) is 33.1 Å². The highest BCUT2D eigenvalue weighted by atomic mass is 14.9. The first-order chi connectivity index (χ1) is 5.25. The zero-order chi connectivity index (χ0) is 7.90. The van der Waals surface area contributed by atoms with Crippen molar-refractivity contribution >= 4 is 0 Å². The minimum atomic E-state index is 0.744. The van der Waals surface area contributed by atoms with Gasteiger partial charge in [0, 0.05) is 6.54 Å². The summed E-state index contributed by atoms with van der Waals surface area (Å²) in [5, 5.41) is 3.55. The van der Waals surface area contributed by atoms with Crippen LogP contribution in [0.1, 0.15) is 33.1 Å². The molecule has 1 aliphatic heterocycles. The minimum Gasteiger partial charge on any atom is -0.316 e. The molecule has 1 saturated heterocycles. The lowest BCUT2D eigenvalue weighted by Gasteiger charge is -2.44. The molecule has 64 valence electrons. The van der Waals surface area contributed by atoms with E-state index in [2.05, 4.69) is 19.2 Å². The average Bonchev–Trinajstić information content (AvgIpc) is 2.27. The van der Waals surface area contributed by atoms with Crippen molar-refractivity contribution < 1.29 is 0 Å². The molecule has 1 atom stereocenters. The fourth-order valence-corrected chi connectivity index (χ4v) is 2.95. The third-order valence-corrected chi connectivity index (χ3v) is 3.78. The van der Waals surface area contributed by atoms with E-state index >= 15 is 0 Å². The molecule has 1 aliphatic carbocycles. The third kappa shape index (κ3) is 1.01. The lowest BCUT2D eigenvalue weighted by Crippen LogP contribution is -2.39. The lowest BCUT2D eigenvalue weighted by atomic mass is 9.60. The van der Waals surface area contributed by atoms with E-state index < -0.39 is 0 Å². The molecule has 0 radical (unpaired) electrons. The summed E-state index contributed by atoms with van der Waals surface area (Å²) in [6, 6.07) is 0. The van der Waals surface area contributed by atoms with E-state index in [1.807, 2.05) is 0 Å². The van der Waals surface area contributed by atoms with Crippen molar-refractivity contribution in [3.05, 3.63) is 0 Å². The summed E-state index contributed by atoms with van der Waals surface area (Å²) in [5.41, 5.74) is 0.744. The van der Waals surface area contributed by atoms with Crippen LogP contribution in [-0.2, 0) is 0 Å². The molecule has 0 amide bonds. The molecule has 1 saturated carbocycles. The third-order valence-electron chi connectivity index (χ3n) is 3.78. The van der Waals surface area contributed by atoms with E-state index in [-0.39, 0.29) is 0 Å². The largest absolute Gasteiger partial charge is 0.316 e. The highest BCUT2D eigenvalue weighted by Gasteiger charge is 2.47. The summed E-state index contributed by atoms with van der Waals surface area (Å²) in [5.74, 6) is 1.85. The molecule has 1 unspecified atom stereocenters. The summed E-state index contributed by atoms with van der Waals surface area (Å²) >= 11 is 0. The fraction of sp³-hybridized carbons (Fsp3) is 1.00. The first-order valence-corrected chi connectivity index (χ1v) is 4.95. The zero-order valence-corrected chi connectivity index (χ0v) is 7.69. The predicted octanol–water partition coefficient (Wildman–Crippen LogP) is 2.03. The van der Waals surface area contributed by atoms with E-state index in [1.54, 1.807) is 0 Å². The van der Waals surface area contributed by atoms with Gasteiger partial charge in [-0.05, 0) is 36.6 Å². The van der Waals surface area contributed by atoms with Crippen molar-refractivity contribution in [1.82, 2.24) is 5.32 Å². The smallest absolute Gasteiger partial charge is 0.00112 e. The van der Waals surface area contributed by atoms with E-state index in [0.717, 1.165) is 17.3 Å². The Bertz CT molecular complexity index is 147.